The van der Waals surface area contributed by atoms with Crippen molar-refractivity contribution in [2.24, 2.45) is 10.2 Å². The van der Waals surface area contributed by atoms with E-state index in [1.165, 1.54) is 0 Å². The van der Waals surface area contributed by atoms with Gasteiger partial charge in [-0.2, -0.15) is 19.6 Å². The SMILES string of the molecule is C1=N\n2c(nnc2-c2ccccc2)SCc2ccc(cc2)CSc2nnc(-c3ccccc3)n2/N=C\c2ccccc2OCc2ccc(cc2)COc2ccccc2/1. The molecule has 284 valence electrons. The van der Waals surface area contributed by atoms with Gasteiger partial charge in [-0.05, 0) is 46.5 Å². The lowest BCUT2D eigenvalue weighted by molar-refractivity contribution is 0.302. The highest BCUT2D eigenvalue weighted by Gasteiger charge is 2.17. The lowest BCUT2D eigenvalue weighted by Gasteiger charge is -2.11. The molecule has 12 heteroatoms. The molecule has 0 amide bonds. The van der Waals surface area contributed by atoms with Gasteiger partial charge in [0, 0.05) is 33.8 Å². The Hall–Kier alpha value is -6.76. The van der Waals surface area contributed by atoms with Crippen LogP contribution >= 0.6 is 23.5 Å². The van der Waals surface area contributed by atoms with E-state index in [4.69, 9.17) is 19.7 Å². The summed E-state index contributed by atoms with van der Waals surface area (Å²) < 4.78 is 16.3. The Morgan fingerprint density at radius 1 is 0.397 bits per heavy atom. The largest absolute Gasteiger partial charge is 0.488 e. The number of nitrogens with zero attached hydrogens (tertiary/aromatic N) is 8. The summed E-state index contributed by atoms with van der Waals surface area (Å²) in [6, 6.07) is 52.6. The van der Waals surface area contributed by atoms with E-state index in [0.717, 1.165) is 56.0 Å². The molecule has 10 nitrogen and oxygen atoms in total. The summed E-state index contributed by atoms with van der Waals surface area (Å²) in [5, 5.41) is 29.5. The van der Waals surface area contributed by atoms with Crippen LogP contribution in [-0.2, 0) is 24.7 Å². The second-order valence-electron chi connectivity index (χ2n) is 13.3. The second kappa shape index (κ2) is 17.6. The van der Waals surface area contributed by atoms with Crippen LogP contribution in [-0.4, -0.2) is 42.2 Å². The quantitative estimate of drug-likeness (QED) is 0.170. The first-order valence-corrected chi connectivity index (χ1v) is 20.7. The monoisotopic (exact) mass is 796 g/mol. The molecule has 0 aliphatic carbocycles. The van der Waals surface area contributed by atoms with Gasteiger partial charge in [0.1, 0.15) is 24.7 Å². The van der Waals surface area contributed by atoms with Gasteiger partial charge in [0.15, 0.2) is 11.6 Å². The van der Waals surface area contributed by atoms with E-state index >= 15 is 0 Å². The number of benzene rings is 6. The van der Waals surface area contributed by atoms with Gasteiger partial charge in [-0.25, -0.2) is 0 Å². The lowest BCUT2D eigenvalue weighted by atomic mass is 10.1. The predicted molar refractivity (Wildman–Crippen MR) is 230 cm³/mol. The highest BCUT2D eigenvalue weighted by molar-refractivity contribution is 7.98. The van der Waals surface area contributed by atoms with Gasteiger partial charge < -0.3 is 9.47 Å². The van der Waals surface area contributed by atoms with Crippen molar-refractivity contribution in [3.8, 4) is 34.3 Å². The van der Waals surface area contributed by atoms with Crippen LogP contribution in [0, 0.1) is 0 Å². The van der Waals surface area contributed by atoms with Crippen molar-refractivity contribution in [1.82, 2.24) is 29.7 Å². The molecule has 0 radical (unpaired) electrons. The molecule has 58 heavy (non-hydrogen) atoms. The molecular formula is C46H36N8O2S2. The van der Waals surface area contributed by atoms with Crippen LogP contribution in [0.25, 0.3) is 22.8 Å². The molecule has 0 N–H and O–H groups in total. The van der Waals surface area contributed by atoms with Gasteiger partial charge in [-0.3, -0.25) is 0 Å². The third kappa shape index (κ3) is 8.63. The van der Waals surface area contributed by atoms with Crippen LogP contribution < -0.4 is 9.47 Å². The molecule has 0 unspecified atom stereocenters. The summed E-state index contributed by atoms with van der Waals surface area (Å²) in [5.41, 5.74) is 7.90. The van der Waals surface area contributed by atoms with Crippen LogP contribution in [0.15, 0.2) is 178 Å². The first kappa shape index (κ1) is 36.9. The van der Waals surface area contributed by atoms with E-state index in [0.29, 0.717) is 46.7 Å². The minimum Gasteiger partial charge on any atom is -0.488 e. The van der Waals surface area contributed by atoms with E-state index in [9.17, 15) is 0 Å². The molecule has 6 heterocycles. The number of hydrogen-bond acceptors (Lipinski definition) is 10. The smallest absolute Gasteiger partial charge is 0.212 e. The van der Waals surface area contributed by atoms with Crippen molar-refractivity contribution in [3.05, 3.63) is 191 Å². The van der Waals surface area contributed by atoms with Gasteiger partial charge in [0.2, 0.25) is 10.3 Å². The molecule has 12 rings (SSSR count). The van der Waals surface area contributed by atoms with E-state index in [1.54, 1.807) is 32.9 Å². The zero-order valence-corrected chi connectivity index (χ0v) is 32.8. The van der Waals surface area contributed by atoms with Crippen molar-refractivity contribution >= 4 is 36.0 Å². The summed E-state index contributed by atoms with van der Waals surface area (Å²) in [5.74, 6) is 4.13. The molecule has 8 aromatic rings. The van der Waals surface area contributed by atoms with Gasteiger partial charge in [0.05, 0.1) is 12.4 Å². The van der Waals surface area contributed by atoms with Crippen LogP contribution in [0.5, 0.6) is 11.5 Å². The van der Waals surface area contributed by atoms with Crippen LogP contribution in [0.2, 0.25) is 0 Å². The molecule has 0 saturated heterocycles. The highest BCUT2D eigenvalue weighted by Crippen LogP contribution is 2.30. The highest BCUT2D eigenvalue weighted by atomic mass is 32.2. The van der Waals surface area contributed by atoms with E-state index in [-0.39, 0.29) is 0 Å². The van der Waals surface area contributed by atoms with Crippen molar-refractivity contribution in [1.29, 1.82) is 0 Å². The van der Waals surface area contributed by atoms with E-state index < -0.39 is 0 Å². The zero-order valence-electron chi connectivity index (χ0n) is 31.2. The molecule has 2 aromatic heterocycles. The number of thioether (sulfide) groups is 2. The van der Waals surface area contributed by atoms with Gasteiger partial charge in [0.25, 0.3) is 0 Å². The maximum absolute atomic E-state index is 6.35. The Morgan fingerprint density at radius 3 is 1.21 bits per heavy atom. The molecule has 0 fully saturated rings. The summed E-state index contributed by atoms with van der Waals surface area (Å²) in [4.78, 5) is 0. The number of hydrogen-bond donors (Lipinski definition) is 0. The third-order valence-electron chi connectivity index (χ3n) is 9.32. The number of rotatable bonds is 2. The van der Waals surface area contributed by atoms with Crippen LogP contribution in [0.3, 0.4) is 0 Å². The topological polar surface area (TPSA) is 105 Å². The standard InChI is InChI=1S/C46H36N8O2S2/c1-3-11-37(12-4-1)43-49-51-45-53(43)47-27-39-15-7-9-17-41(39)55-29-33-19-21-34(22-20-33)30-56-42-18-10-8-16-40(42)28-48-54-44(38-13-5-2-6-14-38)50-52-46(54)58-32-36-25-23-35(24-26-36)31-57-45/h1-28H,29-32H2/b47-27-,48-28-. The average molecular weight is 797 g/mol. The fourth-order valence-corrected chi connectivity index (χ4v) is 7.90. The second-order valence-corrected chi connectivity index (χ2v) is 15.2. The Morgan fingerprint density at radius 2 is 0.776 bits per heavy atom. The number of para-hydroxylation sites is 2. The fourth-order valence-electron chi connectivity index (χ4n) is 6.21. The van der Waals surface area contributed by atoms with E-state index in [2.05, 4.69) is 68.9 Å². The van der Waals surface area contributed by atoms with Gasteiger partial charge in [-0.15, -0.1) is 20.4 Å². The van der Waals surface area contributed by atoms with Gasteiger partial charge in [-0.1, -0.05) is 157 Å². The molecule has 4 aliphatic heterocycles. The maximum Gasteiger partial charge on any atom is 0.212 e. The van der Waals surface area contributed by atoms with Crippen molar-refractivity contribution in [2.75, 3.05) is 0 Å². The maximum atomic E-state index is 6.35. The minimum atomic E-state index is 0.390. The van der Waals surface area contributed by atoms with Crippen molar-refractivity contribution in [3.63, 3.8) is 0 Å². The molecular weight excluding hydrogens is 761 g/mol. The predicted octanol–water partition coefficient (Wildman–Crippen LogP) is 10.0. The number of ether oxygens (including phenoxy) is 2. The average Bonchev–Trinajstić information content (AvgIpc) is 3.90. The van der Waals surface area contributed by atoms with Gasteiger partial charge >= 0.3 is 0 Å². The zero-order chi connectivity index (χ0) is 38.9. The molecule has 0 saturated carbocycles. The fraction of sp³-hybridized carbons (Fsp3) is 0.0870. The molecule has 4 aliphatic rings. The molecule has 4 bridgehead atoms. The third-order valence-corrected chi connectivity index (χ3v) is 11.3. The Bertz CT molecular complexity index is 2490. The molecule has 6 aromatic carbocycles. The van der Waals surface area contributed by atoms with Crippen LogP contribution in [0.1, 0.15) is 33.4 Å². The summed E-state index contributed by atoms with van der Waals surface area (Å²) in [6.45, 7) is 0.781. The Labute approximate surface area is 344 Å². The van der Waals surface area contributed by atoms with Crippen LogP contribution in [0.4, 0.5) is 0 Å². The Kier molecular flexibility index (Phi) is 11.2. The Balaban J connectivity index is 1.05. The van der Waals surface area contributed by atoms with Crippen molar-refractivity contribution in [2.45, 2.75) is 35.0 Å². The van der Waals surface area contributed by atoms with E-state index in [1.807, 2.05) is 122 Å². The minimum absolute atomic E-state index is 0.390. The lowest BCUT2D eigenvalue weighted by Crippen LogP contribution is -2.02. The summed E-state index contributed by atoms with van der Waals surface area (Å²) in [6.07, 6.45) is 3.62. The normalized spacial score (nSPS) is 14.3. The van der Waals surface area contributed by atoms with Crippen molar-refractivity contribution < 1.29 is 9.47 Å². The first-order valence-electron chi connectivity index (χ1n) is 18.7. The summed E-state index contributed by atoms with van der Waals surface area (Å²) >= 11 is 3.17. The molecule has 0 spiro atoms. The summed E-state index contributed by atoms with van der Waals surface area (Å²) in [7, 11) is 0. The first-order chi connectivity index (χ1) is 28.7. The molecule has 0 atom stereocenters. The number of aromatic nitrogens is 6.